The van der Waals surface area contributed by atoms with Crippen LogP contribution in [0.25, 0.3) is 0 Å². The van der Waals surface area contributed by atoms with E-state index in [1.54, 1.807) is 12.1 Å². The van der Waals surface area contributed by atoms with E-state index in [4.69, 9.17) is 14.2 Å². The second kappa shape index (κ2) is 4.26. The summed E-state index contributed by atoms with van der Waals surface area (Å²) in [5.41, 5.74) is 0.968. The minimum Gasteiger partial charge on any atom is -0.453 e. The molecule has 0 aliphatic carbocycles. The van der Waals surface area contributed by atoms with Crippen molar-refractivity contribution in [2.45, 2.75) is 13.3 Å². The lowest BCUT2D eigenvalue weighted by Gasteiger charge is -2.07. The molecule has 0 saturated carbocycles. The van der Waals surface area contributed by atoms with Gasteiger partial charge in [0.2, 0.25) is 12.5 Å². The molecule has 0 unspecified atom stereocenters. The maximum Gasteiger partial charge on any atom is 0.308 e. The Kier molecular flexibility index (Phi) is 2.81. The summed E-state index contributed by atoms with van der Waals surface area (Å²) in [5, 5.41) is 0. The van der Waals surface area contributed by atoms with Crippen LogP contribution in [0.3, 0.4) is 0 Å². The normalized spacial score (nSPS) is 12.3. The van der Waals surface area contributed by atoms with Crippen molar-refractivity contribution in [1.82, 2.24) is 0 Å². The highest BCUT2D eigenvalue weighted by molar-refractivity contribution is 5.71. The summed E-state index contributed by atoms with van der Waals surface area (Å²) in [4.78, 5) is 10.9. The van der Waals surface area contributed by atoms with E-state index in [-0.39, 0.29) is 12.8 Å². The van der Waals surface area contributed by atoms with Gasteiger partial charge in [0, 0.05) is 6.92 Å². The summed E-state index contributed by atoms with van der Waals surface area (Å²) in [7, 11) is 0. The van der Waals surface area contributed by atoms with E-state index in [9.17, 15) is 4.79 Å². The molecule has 0 bridgehead atoms. The number of fused-ring (bicyclic) bond motifs is 1. The van der Waals surface area contributed by atoms with Gasteiger partial charge in [0.15, 0.2) is 11.5 Å². The Labute approximate surface area is 93.4 Å². The summed E-state index contributed by atoms with van der Waals surface area (Å²) in [5.74, 6) is 1.12. The zero-order valence-electron chi connectivity index (χ0n) is 8.99. The topological polar surface area (TPSA) is 44.8 Å². The van der Waals surface area contributed by atoms with E-state index < -0.39 is 0 Å². The first-order valence-electron chi connectivity index (χ1n) is 4.92. The molecule has 1 heterocycles. The van der Waals surface area contributed by atoms with Crippen molar-refractivity contribution in [1.29, 1.82) is 0 Å². The molecule has 1 aliphatic heterocycles. The molecule has 0 saturated heterocycles. The molecule has 2 rings (SSSR count). The Morgan fingerprint density at radius 3 is 3.06 bits per heavy atom. The first-order chi connectivity index (χ1) is 7.70. The molecule has 1 aromatic carbocycles. The molecule has 0 radical (unpaired) electrons. The van der Waals surface area contributed by atoms with E-state index in [1.165, 1.54) is 6.92 Å². The molecule has 1 aliphatic rings. The summed E-state index contributed by atoms with van der Waals surface area (Å²) < 4.78 is 15.6. The molecule has 0 N–H and O–H groups in total. The Morgan fingerprint density at radius 2 is 2.38 bits per heavy atom. The summed E-state index contributed by atoms with van der Waals surface area (Å²) in [6.07, 6.45) is 2.46. The number of benzene rings is 1. The number of carbonyl (C=O) groups excluding carboxylic acids is 1. The highest BCUT2D eigenvalue weighted by Gasteiger charge is 2.21. The third-order valence-electron chi connectivity index (χ3n) is 2.13. The largest absolute Gasteiger partial charge is 0.453 e. The van der Waals surface area contributed by atoms with Gasteiger partial charge in [0.05, 0.1) is 0 Å². The van der Waals surface area contributed by atoms with Gasteiger partial charge in [0.1, 0.15) is 0 Å². The monoisotopic (exact) mass is 220 g/mol. The minimum absolute atomic E-state index is 0.154. The van der Waals surface area contributed by atoms with Gasteiger partial charge >= 0.3 is 5.97 Å². The fourth-order valence-electron chi connectivity index (χ4n) is 1.55. The van der Waals surface area contributed by atoms with E-state index in [0.717, 1.165) is 5.56 Å². The average molecular weight is 220 g/mol. The van der Waals surface area contributed by atoms with Gasteiger partial charge in [-0.25, -0.2) is 0 Å². The summed E-state index contributed by atoms with van der Waals surface area (Å²) >= 11 is 0. The van der Waals surface area contributed by atoms with Crippen LogP contribution in [0, 0.1) is 0 Å². The smallest absolute Gasteiger partial charge is 0.308 e. The third-order valence-corrected chi connectivity index (χ3v) is 2.13. The van der Waals surface area contributed by atoms with Crippen LogP contribution in [-0.4, -0.2) is 12.8 Å². The van der Waals surface area contributed by atoms with Crippen LogP contribution in [0.2, 0.25) is 0 Å². The molecular weight excluding hydrogens is 208 g/mol. The number of allylic oxidation sites excluding steroid dienone is 1. The summed E-state index contributed by atoms with van der Waals surface area (Å²) in [6.45, 7) is 5.16. The highest BCUT2D eigenvalue weighted by atomic mass is 16.7. The van der Waals surface area contributed by atoms with Crippen LogP contribution < -0.4 is 14.2 Å². The van der Waals surface area contributed by atoms with Gasteiger partial charge in [-0.1, -0.05) is 6.08 Å². The second-order valence-corrected chi connectivity index (χ2v) is 3.41. The fourth-order valence-corrected chi connectivity index (χ4v) is 1.55. The lowest BCUT2D eigenvalue weighted by molar-refractivity contribution is -0.132. The lowest BCUT2D eigenvalue weighted by Crippen LogP contribution is -2.03. The van der Waals surface area contributed by atoms with Crippen molar-refractivity contribution in [3.63, 3.8) is 0 Å². The molecule has 4 nitrogen and oxygen atoms in total. The standard InChI is InChI=1S/C12H12O4/c1-3-4-9-5-10-12(15-7-14-10)11(6-9)16-8(2)13/h3,5-6H,1,4,7H2,2H3. The van der Waals surface area contributed by atoms with Gasteiger partial charge in [-0.05, 0) is 24.1 Å². The zero-order chi connectivity index (χ0) is 11.5. The maximum absolute atomic E-state index is 10.9. The fraction of sp³-hybridized carbons (Fsp3) is 0.250. The molecule has 0 fully saturated rings. The van der Waals surface area contributed by atoms with Gasteiger partial charge in [-0.3, -0.25) is 4.79 Å². The van der Waals surface area contributed by atoms with Crippen LogP contribution in [0.15, 0.2) is 24.8 Å². The van der Waals surface area contributed by atoms with Crippen molar-refractivity contribution in [3.8, 4) is 17.2 Å². The number of esters is 1. The first kappa shape index (κ1) is 10.5. The number of ether oxygens (including phenoxy) is 3. The predicted octanol–water partition coefficient (Wildman–Crippen LogP) is 2.07. The molecule has 4 heteroatoms. The Bertz CT molecular complexity index is 437. The van der Waals surface area contributed by atoms with Crippen LogP contribution in [-0.2, 0) is 11.2 Å². The number of hydrogen-bond acceptors (Lipinski definition) is 4. The number of rotatable bonds is 3. The Balaban J connectivity index is 2.40. The van der Waals surface area contributed by atoms with E-state index >= 15 is 0 Å². The van der Waals surface area contributed by atoms with E-state index in [1.807, 2.05) is 6.07 Å². The third kappa shape index (κ3) is 2.00. The predicted molar refractivity (Wildman–Crippen MR) is 57.8 cm³/mol. The van der Waals surface area contributed by atoms with Crippen LogP contribution >= 0.6 is 0 Å². The maximum atomic E-state index is 10.9. The highest BCUT2D eigenvalue weighted by Crippen LogP contribution is 2.42. The first-order valence-corrected chi connectivity index (χ1v) is 4.92. The lowest BCUT2D eigenvalue weighted by atomic mass is 10.1. The zero-order valence-corrected chi connectivity index (χ0v) is 8.99. The molecular formula is C12H12O4. The number of hydrogen-bond donors (Lipinski definition) is 0. The Hall–Kier alpha value is -1.97. The molecule has 84 valence electrons. The molecule has 0 amide bonds. The van der Waals surface area contributed by atoms with Gasteiger partial charge in [-0.15, -0.1) is 6.58 Å². The molecule has 0 aromatic heterocycles. The van der Waals surface area contributed by atoms with Crippen molar-refractivity contribution >= 4 is 5.97 Å². The van der Waals surface area contributed by atoms with Crippen LogP contribution in [0.5, 0.6) is 17.2 Å². The molecule has 0 spiro atoms. The SMILES string of the molecule is C=CCc1cc2c(c(OC(C)=O)c1)OCO2. The van der Waals surface area contributed by atoms with Gasteiger partial charge in [0.25, 0.3) is 0 Å². The van der Waals surface area contributed by atoms with E-state index in [0.29, 0.717) is 23.7 Å². The average Bonchev–Trinajstić information content (AvgIpc) is 2.65. The quantitative estimate of drug-likeness (QED) is 0.444. The Morgan fingerprint density at radius 1 is 1.56 bits per heavy atom. The van der Waals surface area contributed by atoms with Crippen LogP contribution in [0.1, 0.15) is 12.5 Å². The summed E-state index contributed by atoms with van der Waals surface area (Å²) in [6, 6.07) is 3.62. The molecule has 16 heavy (non-hydrogen) atoms. The van der Waals surface area contributed by atoms with Crippen molar-refractivity contribution in [2.24, 2.45) is 0 Å². The number of carbonyl (C=O) groups is 1. The van der Waals surface area contributed by atoms with Gasteiger partial charge in [-0.2, -0.15) is 0 Å². The van der Waals surface area contributed by atoms with Gasteiger partial charge < -0.3 is 14.2 Å². The van der Waals surface area contributed by atoms with Crippen LogP contribution in [0.4, 0.5) is 0 Å². The second-order valence-electron chi connectivity index (χ2n) is 3.41. The molecule has 0 atom stereocenters. The van der Waals surface area contributed by atoms with Crippen molar-refractivity contribution < 1.29 is 19.0 Å². The molecule has 1 aromatic rings. The van der Waals surface area contributed by atoms with Crippen molar-refractivity contribution in [3.05, 3.63) is 30.4 Å². The van der Waals surface area contributed by atoms with Crippen molar-refractivity contribution in [2.75, 3.05) is 6.79 Å². The minimum atomic E-state index is -0.381. The van der Waals surface area contributed by atoms with E-state index in [2.05, 4.69) is 6.58 Å².